The minimum atomic E-state index is -2.83. The van der Waals surface area contributed by atoms with Crippen molar-refractivity contribution in [1.82, 2.24) is 5.32 Å². The molecule has 5 heteroatoms. The lowest BCUT2D eigenvalue weighted by atomic mass is 9.97. The third-order valence-electron chi connectivity index (χ3n) is 4.36. The van der Waals surface area contributed by atoms with Crippen LogP contribution in [-0.4, -0.2) is 44.5 Å². The summed E-state index contributed by atoms with van der Waals surface area (Å²) in [7, 11) is -0.774. The zero-order chi connectivity index (χ0) is 15.6. The van der Waals surface area contributed by atoms with Gasteiger partial charge < -0.3 is 5.32 Å². The molecule has 21 heavy (non-hydrogen) atoms. The van der Waals surface area contributed by atoms with Crippen LogP contribution in [0.25, 0.3) is 0 Å². The molecule has 0 radical (unpaired) electrons. The zero-order valence-electron chi connectivity index (χ0n) is 13.8. The minimum Gasteiger partial charge on any atom is -0.316 e. The van der Waals surface area contributed by atoms with Gasteiger partial charge in [0.1, 0.15) is 9.84 Å². The third-order valence-corrected chi connectivity index (χ3v) is 7.00. The Balaban J connectivity index is 2.49. The smallest absolute Gasteiger partial charge is 0.148 e. The maximum absolute atomic E-state index is 11.3. The zero-order valence-corrected chi connectivity index (χ0v) is 15.4. The van der Waals surface area contributed by atoms with Gasteiger partial charge in [-0.3, -0.25) is 0 Å². The van der Waals surface area contributed by atoms with Crippen LogP contribution in [0.3, 0.4) is 0 Å². The van der Waals surface area contributed by atoms with E-state index < -0.39 is 9.84 Å². The lowest BCUT2D eigenvalue weighted by Gasteiger charge is -2.27. The summed E-state index contributed by atoms with van der Waals surface area (Å²) in [6, 6.07) is 0.536. The van der Waals surface area contributed by atoms with E-state index in [1.54, 1.807) is 0 Å². The second kappa shape index (κ2) is 10.9. The Morgan fingerprint density at radius 3 is 2.00 bits per heavy atom. The Morgan fingerprint density at radius 1 is 0.952 bits per heavy atom. The molecule has 0 spiro atoms. The average Bonchev–Trinajstić information content (AvgIpc) is 2.40. The topological polar surface area (TPSA) is 46.2 Å². The number of thioether (sulfide) groups is 1. The van der Waals surface area contributed by atoms with Crippen LogP contribution in [0.1, 0.15) is 64.2 Å². The quantitative estimate of drug-likeness (QED) is 0.833. The van der Waals surface area contributed by atoms with Gasteiger partial charge in [0.2, 0.25) is 0 Å². The number of rotatable bonds is 5. The molecule has 0 aliphatic heterocycles. The van der Waals surface area contributed by atoms with Crippen LogP contribution in [0.4, 0.5) is 0 Å². The van der Waals surface area contributed by atoms with Gasteiger partial charge in [-0.15, -0.1) is 0 Å². The van der Waals surface area contributed by atoms with Crippen molar-refractivity contribution in [3.05, 3.63) is 0 Å². The van der Waals surface area contributed by atoms with Gasteiger partial charge in [-0.25, -0.2) is 8.42 Å². The van der Waals surface area contributed by atoms with Crippen molar-refractivity contribution in [3.8, 4) is 0 Å². The number of hydrogen-bond donors (Lipinski definition) is 1. The molecule has 0 aromatic rings. The molecule has 3 nitrogen and oxygen atoms in total. The molecule has 1 aliphatic carbocycles. The predicted octanol–water partition coefficient (Wildman–Crippen LogP) is 3.64. The summed E-state index contributed by atoms with van der Waals surface area (Å²) in [4.78, 5) is 0. The van der Waals surface area contributed by atoms with E-state index in [9.17, 15) is 8.42 Å². The maximum atomic E-state index is 11.3. The van der Waals surface area contributed by atoms with Crippen molar-refractivity contribution in [2.75, 3.05) is 24.8 Å². The summed E-state index contributed by atoms with van der Waals surface area (Å²) in [5, 5.41) is 4.05. The highest BCUT2D eigenvalue weighted by molar-refractivity contribution is 8.01. The molecule has 0 saturated heterocycles. The Labute approximate surface area is 136 Å². The molecule has 126 valence electrons. The van der Waals surface area contributed by atoms with Crippen molar-refractivity contribution >= 4 is 21.6 Å². The summed E-state index contributed by atoms with van der Waals surface area (Å²) < 4.78 is 22.6. The molecule has 0 aromatic heterocycles. The molecule has 0 heterocycles. The molecule has 1 fully saturated rings. The molecule has 2 unspecified atom stereocenters. The van der Waals surface area contributed by atoms with Gasteiger partial charge in [-0.05, 0) is 19.9 Å². The second-order valence-electron chi connectivity index (χ2n) is 6.34. The fourth-order valence-electron chi connectivity index (χ4n) is 3.04. The first-order valence-corrected chi connectivity index (χ1v) is 11.6. The van der Waals surface area contributed by atoms with E-state index >= 15 is 0 Å². The van der Waals surface area contributed by atoms with Crippen molar-refractivity contribution in [2.24, 2.45) is 0 Å². The molecule has 2 atom stereocenters. The molecule has 1 aliphatic rings. The van der Waals surface area contributed by atoms with Gasteiger partial charge in [-0.2, -0.15) is 11.8 Å². The van der Waals surface area contributed by atoms with Gasteiger partial charge in [0, 0.05) is 23.3 Å². The molecule has 1 rings (SSSR count). The molecule has 0 aromatic carbocycles. The standard InChI is InChI=1S/C16H33NO2S2/c1-17-15-11-9-7-5-3-4-6-8-10-12-16(15)20-13-14-21(2,18)19/h15-17H,3-14H2,1-2H3. The van der Waals surface area contributed by atoms with Crippen LogP contribution in [0, 0.1) is 0 Å². The third kappa shape index (κ3) is 9.80. The van der Waals surface area contributed by atoms with Crippen LogP contribution in [0.15, 0.2) is 0 Å². The van der Waals surface area contributed by atoms with E-state index in [4.69, 9.17) is 0 Å². The average molecular weight is 336 g/mol. The van der Waals surface area contributed by atoms with Gasteiger partial charge in [0.25, 0.3) is 0 Å². The summed E-state index contributed by atoms with van der Waals surface area (Å²) in [6.45, 7) is 0. The summed E-state index contributed by atoms with van der Waals surface area (Å²) in [6.07, 6.45) is 14.6. The first-order chi connectivity index (χ1) is 10.0. The van der Waals surface area contributed by atoms with E-state index in [-0.39, 0.29) is 0 Å². The van der Waals surface area contributed by atoms with Gasteiger partial charge in [0.15, 0.2) is 0 Å². The lowest BCUT2D eigenvalue weighted by Crippen LogP contribution is -2.36. The SMILES string of the molecule is CNC1CCCCCCCCCCC1SCCS(C)(=O)=O. The predicted molar refractivity (Wildman–Crippen MR) is 95.0 cm³/mol. The number of nitrogens with one attached hydrogen (secondary N) is 1. The highest BCUT2D eigenvalue weighted by atomic mass is 32.2. The van der Waals surface area contributed by atoms with Crippen molar-refractivity contribution in [2.45, 2.75) is 75.5 Å². The normalized spacial score (nSPS) is 26.8. The van der Waals surface area contributed by atoms with Crippen molar-refractivity contribution in [3.63, 3.8) is 0 Å². The van der Waals surface area contributed by atoms with E-state index in [1.807, 2.05) is 11.8 Å². The molecule has 0 amide bonds. The van der Waals surface area contributed by atoms with Crippen LogP contribution in [-0.2, 0) is 9.84 Å². The second-order valence-corrected chi connectivity index (χ2v) is 9.95. The van der Waals surface area contributed by atoms with E-state index in [1.165, 1.54) is 70.5 Å². The minimum absolute atomic E-state index is 0.310. The summed E-state index contributed by atoms with van der Waals surface area (Å²) in [5.74, 6) is 1.05. The molecular formula is C16H33NO2S2. The Hall–Kier alpha value is 0.260. The van der Waals surface area contributed by atoms with Crippen LogP contribution >= 0.6 is 11.8 Å². The number of sulfone groups is 1. The van der Waals surface area contributed by atoms with E-state index in [2.05, 4.69) is 12.4 Å². The molecule has 0 bridgehead atoms. The van der Waals surface area contributed by atoms with E-state index in [0.29, 0.717) is 17.0 Å². The lowest BCUT2D eigenvalue weighted by molar-refractivity contribution is 0.434. The molecule has 1 saturated carbocycles. The maximum Gasteiger partial charge on any atom is 0.148 e. The van der Waals surface area contributed by atoms with Gasteiger partial charge in [-0.1, -0.05) is 51.4 Å². The fraction of sp³-hybridized carbons (Fsp3) is 1.00. The van der Waals surface area contributed by atoms with Gasteiger partial charge >= 0.3 is 0 Å². The van der Waals surface area contributed by atoms with Crippen LogP contribution in [0.2, 0.25) is 0 Å². The van der Waals surface area contributed by atoms with Crippen molar-refractivity contribution in [1.29, 1.82) is 0 Å². The van der Waals surface area contributed by atoms with Crippen molar-refractivity contribution < 1.29 is 8.42 Å². The Bertz CT molecular complexity index is 357. The largest absolute Gasteiger partial charge is 0.316 e. The highest BCUT2D eigenvalue weighted by Gasteiger charge is 2.20. The fourth-order valence-corrected chi connectivity index (χ4v) is 5.77. The first-order valence-electron chi connectivity index (χ1n) is 8.49. The molecule has 1 N–H and O–H groups in total. The highest BCUT2D eigenvalue weighted by Crippen LogP contribution is 2.26. The Morgan fingerprint density at radius 2 is 1.48 bits per heavy atom. The summed E-state index contributed by atoms with van der Waals surface area (Å²) >= 11 is 1.87. The Kier molecular flexibility index (Phi) is 10.0. The van der Waals surface area contributed by atoms with Crippen LogP contribution < -0.4 is 5.32 Å². The monoisotopic (exact) mass is 335 g/mol. The molecular weight excluding hydrogens is 302 g/mol. The number of hydrogen-bond acceptors (Lipinski definition) is 4. The summed E-state index contributed by atoms with van der Waals surface area (Å²) in [5.41, 5.74) is 0. The van der Waals surface area contributed by atoms with Crippen LogP contribution in [0.5, 0.6) is 0 Å². The van der Waals surface area contributed by atoms with E-state index in [0.717, 1.165) is 5.75 Å². The first kappa shape index (κ1) is 19.3. The van der Waals surface area contributed by atoms with Gasteiger partial charge in [0.05, 0.1) is 5.75 Å².